The van der Waals surface area contributed by atoms with Crippen molar-refractivity contribution < 1.29 is 28.6 Å². The smallest absolute Gasteiger partial charge is 0.306 e. The topological polar surface area (TPSA) is 78.9 Å². The number of rotatable bonds is 65. The van der Waals surface area contributed by atoms with Gasteiger partial charge in [-0.1, -0.05) is 332 Å². The largest absolute Gasteiger partial charge is 0.462 e. The van der Waals surface area contributed by atoms with Crippen LogP contribution in [-0.4, -0.2) is 37.2 Å². The van der Waals surface area contributed by atoms with Gasteiger partial charge in [-0.15, -0.1) is 0 Å². The van der Waals surface area contributed by atoms with Crippen LogP contribution in [0.15, 0.2) is 60.8 Å². The van der Waals surface area contributed by atoms with Gasteiger partial charge >= 0.3 is 17.9 Å². The first-order chi connectivity index (χ1) is 39.5. The molecule has 0 aliphatic heterocycles. The van der Waals surface area contributed by atoms with Gasteiger partial charge in [-0.2, -0.15) is 0 Å². The van der Waals surface area contributed by atoms with Gasteiger partial charge in [-0.25, -0.2) is 0 Å². The summed E-state index contributed by atoms with van der Waals surface area (Å²) in [6, 6.07) is 0. The van der Waals surface area contributed by atoms with Crippen LogP contribution in [0.25, 0.3) is 0 Å². The molecular weight excluding hydrogens is 985 g/mol. The van der Waals surface area contributed by atoms with E-state index in [1.807, 2.05) is 0 Å². The normalized spacial score (nSPS) is 12.4. The molecule has 0 spiro atoms. The Balaban J connectivity index is 4.21. The van der Waals surface area contributed by atoms with Gasteiger partial charge in [0.15, 0.2) is 6.10 Å². The molecule has 0 amide bonds. The van der Waals surface area contributed by atoms with E-state index in [2.05, 4.69) is 81.5 Å². The predicted octanol–water partition coefficient (Wildman–Crippen LogP) is 24.3. The molecule has 0 aromatic heterocycles. The zero-order chi connectivity index (χ0) is 57.8. The second-order valence-corrected chi connectivity index (χ2v) is 23.8. The van der Waals surface area contributed by atoms with Gasteiger partial charge < -0.3 is 14.2 Å². The maximum Gasteiger partial charge on any atom is 0.306 e. The molecule has 0 aromatic carbocycles. The maximum absolute atomic E-state index is 12.9. The Morgan fingerprint density at radius 2 is 0.487 bits per heavy atom. The van der Waals surface area contributed by atoms with Crippen LogP contribution in [0.2, 0.25) is 0 Å². The molecule has 0 saturated carbocycles. The quantitative estimate of drug-likeness (QED) is 0.0261. The fraction of sp³-hybridized carbons (Fsp3) is 0.824. The van der Waals surface area contributed by atoms with Crippen molar-refractivity contribution in [3.8, 4) is 0 Å². The van der Waals surface area contributed by atoms with Gasteiger partial charge in [0.1, 0.15) is 13.2 Å². The minimum atomic E-state index is -0.780. The zero-order valence-corrected chi connectivity index (χ0v) is 53.6. The molecule has 0 heterocycles. The third-order valence-corrected chi connectivity index (χ3v) is 15.8. The van der Waals surface area contributed by atoms with Crippen molar-refractivity contribution in [2.75, 3.05) is 13.2 Å². The van der Waals surface area contributed by atoms with E-state index in [-0.39, 0.29) is 31.1 Å². The highest BCUT2D eigenvalue weighted by Crippen LogP contribution is 2.18. The molecule has 0 N–H and O–H groups in total. The summed E-state index contributed by atoms with van der Waals surface area (Å²) in [5, 5.41) is 0. The Bertz CT molecular complexity index is 1430. The summed E-state index contributed by atoms with van der Waals surface area (Å²) < 4.78 is 17.0. The lowest BCUT2D eigenvalue weighted by Crippen LogP contribution is -2.30. The maximum atomic E-state index is 12.9. The van der Waals surface area contributed by atoms with Crippen molar-refractivity contribution in [1.82, 2.24) is 0 Å². The number of hydrogen-bond acceptors (Lipinski definition) is 6. The number of unbranched alkanes of at least 4 members (excludes halogenated alkanes) is 44. The summed E-state index contributed by atoms with van der Waals surface area (Å²) >= 11 is 0. The summed E-state index contributed by atoms with van der Waals surface area (Å²) in [6.07, 6.45) is 88.3. The Morgan fingerprint density at radius 1 is 0.263 bits per heavy atom. The first kappa shape index (κ1) is 77.1. The first-order valence-electron chi connectivity index (χ1n) is 35.3. The third kappa shape index (κ3) is 65.9. The molecule has 0 rings (SSSR count). The molecular formula is C74H134O6. The van der Waals surface area contributed by atoms with E-state index in [4.69, 9.17) is 14.2 Å². The second kappa shape index (κ2) is 68.6. The summed E-state index contributed by atoms with van der Waals surface area (Å²) in [5.41, 5.74) is 0. The standard InChI is InChI=1S/C74H134O6/c1-4-7-10-13-16-19-22-25-27-29-31-33-35-36-37-38-40-41-43-45-47-49-52-55-58-61-64-67-73(76)79-70-71(69-78-72(75)66-63-60-57-54-51-24-21-18-15-12-9-6-3)80-74(77)68-65-62-59-56-53-50-48-46-44-42-39-34-32-30-28-26-23-20-17-14-11-8-5-2/h8,11,17-18,20-21,26,28,32,34,71H,4-7,9-10,12-16,19,22-25,27,29-31,33,35-70H2,1-3H3/b11-8-,20-17-,21-18-,28-26-,34-32-. The first-order valence-corrected chi connectivity index (χ1v) is 35.3. The molecule has 0 fully saturated rings. The van der Waals surface area contributed by atoms with Crippen LogP contribution in [-0.2, 0) is 28.6 Å². The molecule has 0 aliphatic rings. The van der Waals surface area contributed by atoms with Crippen LogP contribution < -0.4 is 0 Å². The fourth-order valence-electron chi connectivity index (χ4n) is 10.5. The molecule has 0 bridgehead atoms. The van der Waals surface area contributed by atoms with Crippen molar-refractivity contribution in [2.45, 2.75) is 380 Å². The molecule has 1 unspecified atom stereocenters. The van der Waals surface area contributed by atoms with E-state index >= 15 is 0 Å². The van der Waals surface area contributed by atoms with Crippen LogP contribution in [0.4, 0.5) is 0 Å². The molecule has 1 atom stereocenters. The van der Waals surface area contributed by atoms with Gasteiger partial charge in [0.05, 0.1) is 0 Å². The van der Waals surface area contributed by atoms with Gasteiger partial charge in [0.2, 0.25) is 0 Å². The summed E-state index contributed by atoms with van der Waals surface area (Å²) in [6.45, 7) is 6.55. The van der Waals surface area contributed by atoms with E-state index in [0.717, 1.165) is 89.9 Å². The van der Waals surface area contributed by atoms with Gasteiger partial charge in [-0.3, -0.25) is 14.4 Å². The lowest BCUT2D eigenvalue weighted by Gasteiger charge is -2.18. The van der Waals surface area contributed by atoms with Crippen molar-refractivity contribution in [3.63, 3.8) is 0 Å². The molecule has 6 heteroatoms. The van der Waals surface area contributed by atoms with Crippen LogP contribution in [0.1, 0.15) is 374 Å². The fourth-order valence-corrected chi connectivity index (χ4v) is 10.5. The van der Waals surface area contributed by atoms with Crippen LogP contribution in [0.5, 0.6) is 0 Å². The number of ether oxygens (including phenoxy) is 3. The molecule has 0 radical (unpaired) electrons. The number of carbonyl (C=O) groups excluding carboxylic acids is 3. The highest BCUT2D eigenvalue weighted by atomic mass is 16.6. The zero-order valence-electron chi connectivity index (χ0n) is 53.6. The molecule has 0 aromatic rings. The second-order valence-electron chi connectivity index (χ2n) is 23.8. The highest BCUT2D eigenvalue weighted by molar-refractivity contribution is 5.71. The van der Waals surface area contributed by atoms with E-state index in [1.165, 1.54) is 244 Å². The summed E-state index contributed by atoms with van der Waals surface area (Å²) in [7, 11) is 0. The number of esters is 3. The number of hydrogen-bond donors (Lipinski definition) is 0. The van der Waals surface area contributed by atoms with E-state index in [0.29, 0.717) is 19.3 Å². The Morgan fingerprint density at radius 3 is 0.800 bits per heavy atom. The monoisotopic (exact) mass is 1120 g/mol. The minimum Gasteiger partial charge on any atom is -0.462 e. The molecule has 0 saturated heterocycles. The minimum absolute atomic E-state index is 0.0746. The molecule has 0 aliphatic carbocycles. The molecule has 80 heavy (non-hydrogen) atoms. The van der Waals surface area contributed by atoms with Crippen LogP contribution in [0, 0.1) is 0 Å². The lowest BCUT2D eigenvalue weighted by atomic mass is 10.0. The van der Waals surface area contributed by atoms with Crippen LogP contribution >= 0.6 is 0 Å². The Hall–Kier alpha value is -2.89. The van der Waals surface area contributed by atoms with E-state index in [9.17, 15) is 14.4 Å². The summed E-state index contributed by atoms with van der Waals surface area (Å²) in [4.78, 5) is 38.4. The number of allylic oxidation sites excluding steroid dienone is 10. The SMILES string of the molecule is CC/C=C\C/C=C\C/C=C\C/C=C\CCCCCCCCCCCCC(=O)OC(COC(=O)CCCCCCC/C=C\CCCCC)COC(=O)CCCCCCCCCCCCCCCCCCCCCCCCCCCCC. The van der Waals surface area contributed by atoms with E-state index in [1.54, 1.807) is 0 Å². The van der Waals surface area contributed by atoms with Gasteiger partial charge in [0.25, 0.3) is 0 Å². The molecule has 466 valence electrons. The Kier molecular flexibility index (Phi) is 66.1. The van der Waals surface area contributed by atoms with Gasteiger partial charge in [0, 0.05) is 19.3 Å². The highest BCUT2D eigenvalue weighted by Gasteiger charge is 2.19. The molecule has 6 nitrogen and oxygen atoms in total. The van der Waals surface area contributed by atoms with E-state index < -0.39 is 6.10 Å². The van der Waals surface area contributed by atoms with Crippen molar-refractivity contribution >= 4 is 17.9 Å². The number of carbonyl (C=O) groups is 3. The lowest BCUT2D eigenvalue weighted by molar-refractivity contribution is -0.167. The van der Waals surface area contributed by atoms with Crippen LogP contribution in [0.3, 0.4) is 0 Å². The Labute approximate surface area is 498 Å². The van der Waals surface area contributed by atoms with Crippen molar-refractivity contribution in [2.24, 2.45) is 0 Å². The predicted molar refractivity (Wildman–Crippen MR) is 348 cm³/mol. The average molecular weight is 1120 g/mol. The third-order valence-electron chi connectivity index (χ3n) is 15.8. The average Bonchev–Trinajstić information content (AvgIpc) is 3.46. The van der Waals surface area contributed by atoms with Crippen molar-refractivity contribution in [1.29, 1.82) is 0 Å². The van der Waals surface area contributed by atoms with Gasteiger partial charge in [-0.05, 0) is 83.5 Å². The van der Waals surface area contributed by atoms with Crippen molar-refractivity contribution in [3.05, 3.63) is 60.8 Å². The summed E-state index contributed by atoms with van der Waals surface area (Å²) in [5.74, 6) is -0.866.